The molecule has 9 rings (SSSR count). The summed E-state index contributed by atoms with van der Waals surface area (Å²) in [5.74, 6) is -1.92. The Morgan fingerprint density at radius 1 is 0.821 bits per heavy atom. The van der Waals surface area contributed by atoms with Gasteiger partial charge in [0, 0.05) is 106 Å². The maximum absolute atomic E-state index is 13.3. The van der Waals surface area contributed by atoms with Crippen molar-refractivity contribution in [3.8, 4) is 0 Å². The number of halogens is 1. The number of carbonyl (C=O) groups excluding carboxylic acids is 4. The van der Waals surface area contributed by atoms with E-state index >= 15 is 0 Å². The molecule has 1 unspecified atom stereocenters. The van der Waals surface area contributed by atoms with Crippen LogP contribution < -0.4 is 20.0 Å². The number of piperazine rings is 1. The minimum Gasteiger partial charge on any atom is -0.371 e. The molecule has 0 radical (unpaired) electrons. The van der Waals surface area contributed by atoms with Crippen molar-refractivity contribution in [2.45, 2.75) is 63.7 Å². The Hall–Kier alpha value is -4.96. The maximum Gasteiger partial charge on any atom is 0.262 e. The van der Waals surface area contributed by atoms with Crippen LogP contribution in [0.4, 0.5) is 22.7 Å². The zero-order valence-electron chi connectivity index (χ0n) is 31.8. The highest BCUT2D eigenvalue weighted by Gasteiger charge is 2.46. The number of piperidine rings is 2. The first-order valence-corrected chi connectivity index (χ1v) is 20.3. The number of rotatable bonds is 7. The number of nitrogens with one attached hydrogen (secondary N) is 1. The molecule has 13 heteroatoms. The van der Waals surface area contributed by atoms with Crippen molar-refractivity contribution in [2.75, 3.05) is 73.6 Å². The van der Waals surface area contributed by atoms with Gasteiger partial charge in [0.2, 0.25) is 17.5 Å². The van der Waals surface area contributed by atoms with Crippen molar-refractivity contribution < 1.29 is 19.2 Å². The molecule has 5 fully saturated rings. The normalized spacial score (nSPS) is 24.4. The first-order valence-electron chi connectivity index (χ1n) is 19.9. The molecule has 2 atom stereocenters. The van der Waals surface area contributed by atoms with Crippen LogP contribution in [0.2, 0.25) is 5.02 Å². The summed E-state index contributed by atoms with van der Waals surface area (Å²) >= 11 is 6.39. The van der Waals surface area contributed by atoms with Crippen molar-refractivity contribution in [1.29, 1.82) is 0 Å². The van der Waals surface area contributed by atoms with Gasteiger partial charge in [-0.15, -0.1) is 0 Å². The minimum absolute atomic E-state index is 0.104. The Morgan fingerprint density at radius 2 is 1.52 bits per heavy atom. The molecule has 0 bridgehead atoms. The van der Waals surface area contributed by atoms with E-state index in [0.717, 1.165) is 81.7 Å². The number of hydrogen-bond donors (Lipinski definition) is 1. The van der Waals surface area contributed by atoms with Crippen LogP contribution in [0.3, 0.4) is 0 Å². The van der Waals surface area contributed by atoms with Gasteiger partial charge in [0.05, 0.1) is 17.7 Å². The average Bonchev–Trinajstić information content (AvgIpc) is 3.63. The van der Waals surface area contributed by atoms with Crippen LogP contribution in [0.1, 0.15) is 65.3 Å². The second-order valence-electron chi connectivity index (χ2n) is 16.6. The molecule has 4 amide bonds. The fourth-order valence-corrected chi connectivity index (χ4v) is 10.2. The highest BCUT2D eigenvalue weighted by Crippen LogP contribution is 2.46. The molecule has 5 saturated heterocycles. The van der Waals surface area contributed by atoms with Gasteiger partial charge in [-0.05, 0) is 86.1 Å². The van der Waals surface area contributed by atoms with Gasteiger partial charge in [0.15, 0.2) is 0 Å². The van der Waals surface area contributed by atoms with E-state index in [9.17, 15) is 19.2 Å². The highest BCUT2D eigenvalue weighted by molar-refractivity contribution is 6.33. The van der Waals surface area contributed by atoms with Crippen LogP contribution in [0.5, 0.6) is 0 Å². The monoisotopic (exact) mass is 774 g/mol. The SMILES string of the molecule is [C-]#[N+]c1ccc(N2CC3(CCN(c4ccc(CN5CCN(C6CN(c7ccc8c(c7)C(=O)N(C7CCC(=O)NC7=O)C8=O)C6)CC5)cc4)CC3)C[C@@H]2C)cc1Cl. The lowest BCUT2D eigenvalue weighted by molar-refractivity contribution is -0.136. The van der Waals surface area contributed by atoms with Crippen LogP contribution in [-0.2, 0) is 16.1 Å². The quantitative estimate of drug-likeness (QED) is 0.257. The zero-order chi connectivity index (χ0) is 38.7. The molecule has 0 aromatic heterocycles. The summed E-state index contributed by atoms with van der Waals surface area (Å²) < 4.78 is 0. The molecule has 6 heterocycles. The topological polar surface area (TPSA) is 104 Å². The number of anilines is 3. The third-order valence-electron chi connectivity index (χ3n) is 13.3. The number of hydrogen-bond acceptors (Lipinski definition) is 9. The molecular formula is C43H47ClN8O4. The van der Waals surface area contributed by atoms with Gasteiger partial charge in [-0.2, -0.15) is 0 Å². The first-order chi connectivity index (χ1) is 27.1. The third-order valence-corrected chi connectivity index (χ3v) is 13.6. The van der Waals surface area contributed by atoms with Crippen molar-refractivity contribution in [3.05, 3.63) is 93.8 Å². The lowest BCUT2D eigenvalue weighted by Crippen LogP contribution is -2.63. The summed E-state index contributed by atoms with van der Waals surface area (Å²) in [5, 5.41) is 2.79. The summed E-state index contributed by atoms with van der Waals surface area (Å²) in [4.78, 5) is 67.3. The van der Waals surface area contributed by atoms with Gasteiger partial charge < -0.3 is 14.7 Å². The molecule has 56 heavy (non-hydrogen) atoms. The van der Waals surface area contributed by atoms with Crippen molar-refractivity contribution in [3.63, 3.8) is 0 Å². The fraction of sp³-hybridized carbons (Fsp3) is 0.465. The van der Waals surface area contributed by atoms with Gasteiger partial charge in [0.1, 0.15) is 6.04 Å². The largest absolute Gasteiger partial charge is 0.371 e. The van der Waals surface area contributed by atoms with E-state index in [1.807, 2.05) is 24.3 Å². The van der Waals surface area contributed by atoms with Gasteiger partial charge in [-0.3, -0.25) is 39.2 Å². The Labute approximate surface area is 332 Å². The van der Waals surface area contributed by atoms with E-state index < -0.39 is 23.8 Å². The van der Waals surface area contributed by atoms with Crippen molar-refractivity contribution >= 4 is 58.0 Å². The number of amides is 4. The van der Waals surface area contributed by atoms with E-state index in [-0.39, 0.29) is 18.7 Å². The van der Waals surface area contributed by atoms with Gasteiger partial charge >= 0.3 is 0 Å². The summed E-state index contributed by atoms with van der Waals surface area (Å²) in [7, 11) is 0. The van der Waals surface area contributed by atoms with E-state index in [4.69, 9.17) is 18.2 Å². The third kappa shape index (κ3) is 6.69. The predicted molar refractivity (Wildman–Crippen MR) is 215 cm³/mol. The smallest absolute Gasteiger partial charge is 0.262 e. The lowest BCUT2D eigenvalue weighted by atomic mass is 9.76. The molecule has 3 aromatic carbocycles. The molecule has 0 saturated carbocycles. The van der Waals surface area contributed by atoms with Crippen LogP contribution in [0.25, 0.3) is 4.85 Å². The highest BCUT2D eigenvalue weighted by atomic mass is 35.5. The molecule has 1 spiro atoms. The maximum atomic E-state index is 13.3. The Kier molecular flexibility index (Phi) is 9.51. The van der Waals surface area contributed by atoms with Gasteiger partial charge in [0.25, 0.3) is 11.8 Å². The van der Waals surface area contributed by atoms with E-state index in [0.29, 0.717) is 39.3 Å². The van der Waals surface area contributed by atoms with Gasteiger partial charge in [-0.1, -0.05) is 29.8 Å². The summed E-state index contributed by atoms with van der Waals surface area (Å²) in [6, 6.07) is 20.3. The molecule has 6 aliphatic rings. The number of fused-ring (bicyclic) bond motifs is 1. The lowest BCUT2D eigenvalue weighted by Gasteiger charge is -2.49. The number of nitrogens with zero attached hydrogens (tertiary/aromatic N) is 7. The van der Waals surface area contributed by atoms with Crippen LogP contribution in [-0.4, -0.2) is 115 Å². The van der Waals surface area contributed by atoms with Crippen LogP contribution in [0.15, 0.2) is 60.7 Å². The zero-order valence-corrected chi connectivity index (χ0v) is 32.5. The minimum atomic E-state index is -0.956. The van der Waals surface area contributed by atoms with Gasteiger partial charge in [-0.25, -0.2) is 4.85 Å². The molecule has 6 aliphatic heterocycles. The van der Waals surface area contributed by atoms with Crippen LogP contribution >= 0.6 is 11.6 Å². The average molecular weight is 775 g/mol. The van der Waals surface area contributed by atoms with E-state index in [1.165, 1.54) is 30.5 Å². The standard InChI is InChI=1S/C43H47ClN8O4/c1-28-23-43(27-51(28)32-8-10-37(45-2)36(44)22-32)13-15-48(16-14-43)30-5-3-29(4-6-30)24-47-17-19-49(20-18-47)33-25-50(26-33)31-7-9-34-35(21-31)42(56)52(41(34)55)38-11-12-39(53)46-40(38)54/h3-10,21-22,28,33,38H,11-20,23-27H2,1H3,(H,46,53,54)/t28-,38?/m0/s1. The van der Waals surface area contributed by atoms with Crippen LogP contribution in [0, 0.1) is 12.0 Å². The summed E-state index contributed by atoms with van der Waals surface area (Å²) in [6.45, 7) is 19.5. The predicted octanol–water partition coefficient (Wildman–Crippen LogP) is 5.18. The number of imide groups is 2. The number of carbonyl (C=O) groups is 4. The fourth-order valence-electron chi connectivity index (χ4n) is 9.94. The Bertz CT molecular complexity index is 2110. The molecule has 1 N–H and O–H groups in total. The Balaban J connectivity index is 0.725. The molecule has 0 aliphatic carbocycles. The first kappa shape index (κ1) is 36.7. The summed E-state index contributed by atoms with van der Waals surface area (Å²) in [5.41, 5.74) is 6.13. The number of benzene rings is 3. The van der Waals surface area contributed by atoms with E-state index in [1.54, 1.807) is 12.1 Å². The second kappa shape index (κ2) is 14.5. The molecule has 3 aromatic rings. The Morgan fingerprint density at radius 3 is 2.21 bits per heavy atom. The molecule has 12 nitrogen and oxygen atoms in total. The van der Waals surface area contributed by atoms with Crippen molar-refractivity contribution in [1.82, 2.24) is 20.0 Å². The summed E-state index contributed by atoms with van der Waals surface area (Å²) in [6.07, 6.45) is 3.78. The van der Waals surface area contributed by atoms with E-state index in [2.05, 4.69) is 65.9 Å². The molecule has 290 valence electrons. The van der Waals surface area contributed by atoms with Crippen molar-refractivity contribution in [2.24, 2.45) is 5.41 Å². The second-order valence-corrected chi connectivity index (χ2v) is 17.0. The molecular weight excluding hydrogens is 728 g/mol.